The SMILES string of the molecule is [Li+].[Li][c]1c(OC)c(=O)[n-]c2ccccc2c1=O. The monoisotopic (exact) mass is 215 g/mol. The van der Waals surface area contributed by atoms with Crippen LogP contribution in [0.1, 0.15) is 0 Å². The second-order valence-electron chi connectivity index (χ2n) is 3.42. The second-order valence-corrected chi connectivity index (χ2v) is 3.42. The van der Waals surface area contributed by atoms with Gasteiger partial charge < -0.3 is 0 Å². The van der Waals surface area contributed by atoms with E-state index >= 15 is 0 Å². The van der Waals surface area contributed by atoms with Crippen LogP contribution in [0, 0.1) is 0 Å². The zero-order valence-corrected chi connectivity index (χ0v) is 9.98. The van der Waals surface area contributed by atoms with E-state index in [9.17, 15) is 9.59 Å². The van der Waals surface area contributed by atoms with Crippen LogP contribution in [0.5, 0.6) is 5.75 Å². The molecule has 1 heterocycles. The number of fused-ring (bicyclic) bond motifs is 1. The quantitative estimate of drug-likeness (QED) is 0.460. The normalized spacial score (nSPS) is 9.82. The Morgan fingerprint density at radius 2 is 1.88 bits per heavy atom. The molecule has 4 nitrogen and oxygen atoms in total. The van der Waals surface area contributed by atoms with Crippen LogP contribution in [0.15, 0.2) is 33.9 Å². The first kappa shape index (κ1) is 14.2. The summed E-state index contributed by atoms with van der Waals surface area (Å²) in [5.41, 5.74) is -0.343. The molecule has 6 heteroatoms. The summed E-state index contributed by atoms with van der Waals surface area (Å²) in [6.07, 6.45) is 0. The van der Waals surface area contributed by atoms with Gasteiger partial charge >= 0.3 is 119 Å². The molecule has 0 aliphatic rings. The zero-order valence-electron chi connectivity index (χ0n) is 9.98. The molecular formula is C11H7Li2NO3. The first-order valence-corrected chi connectivity index (χ1v) is 4.80. The fourth-order valence-electron chi connectivity index (χ4n) is 1.63. The maximum absolute atomic E-state index is 12.0. The van der Waals surface area contributed by atoms with Crippen molar-refractivity contribution in [3.63, 3.8) is 0 Å². The van der Waals surface area contributed by atoms with Crippen molar-refractivity contribution in [1.82, 2.24) is 4.98 Å². The summed E-state index contributed by atoms with van der Waals surface area (Å²) < 4.78 is 5.21. The molecule has 17 heavy (non-hydrogen) atoms. The van der Waals surface area contributed by atoms with Crippen molar-refractivity contribution in [3.05, 3.63) is 44.8 Å². The summed E-state index contributed by atoms with van der Waals surface area (Å²) in [6.45, 7) is 0. The van der Waals surface area contributed by atoms with Gasteiger partial charge in [-0.15, -0.1) is 0 Å². The molecular weight excluding hydrogens is 208 g/mol. The number of para-hydroxylation sites is 1. The second kappa shape index (κ2) is 5.62. The van der Waals surface area contributed by atoms with Crippen LogP contribution in [0.3, 0.4) is 0 Å². The van der Waals surface area contributed by atoms with E-state index in [2.05, 4.69) is 4.98 Å². The van der Waals surface area contributed by atoms with Gasteiger partial charge in [-0.05, 0) is 0 Å². The minimum atomic E-state index is -0.515. The Bertz CT molecular complexity index is 667. The van der Waals surface area contributed by atoms with Gasteiger partial charge in [0.15, 0.2) is 0 Å². The van der Waals surface area contributed by atoms with E-state index in [1.54, 1.807) is 42.0 Å². The molecule has 0 atom stereocenters. The average Bonchev–Trinajstić information content (AvgIpc) is 2.37. The number of ether oxygens (including phenoxy) is 1. The van der Waals surface area contributed by atoms with Crippen molar-refractivity contribution < 1.29 is 23.6 Å². The topological polar surface area (TPSA) is 57.5 Å². The Balaban J connectivity index is 0.00000144. The van der Waals surface area contributed by atoms with Crippen molar-refractivity contribution >= 4 is 32.9 Å². The molecule has 0 saturated heterocycles. The van der Waals surface area contributed by atoms with E-state index in [0.717, 1.165) is 0 Å². The van der Waals surface area contributed by atoms with Gasteiger partial charge in [-0.3, -0.25) is 0 Å². The van der Waals surface area contributed by atoms with E-state index in [4.69, 9.17) is 4.74 Å². The third-order valence-electron chi connectivity index (χ3n) is 2.45. The standard InChI is InChI=1S/C11H8NO3.2Li/c1-15-10-6-9(13)7-4-2-3-5-8(7)12-11(10)14;;/h2-5H,1H3,(H,12,13,14);;/q;;+1/p-1. The molecule has 76 valence electrons. The summed E-state index contributed by atoms with van der Waals surface area (Å²) in [6, 6.07) is 6.76. The molecule has 2 aromatic rings. The van der Waals surface area contributed by atoms with Crippen molar-refractivity contribution in [3.8, 4) is 5.75 Å². The van der Waals surface area contributed by atoms with E-state index in [1.807, 2.05) is 0 Å². The Hall–Kier alpha value is -0.905. The molecule has 0 N–H and O–H groups in total. The van der Waals surface area contributed by atoms with Crippen molar-refractivity contribution in [2.75, 3.05) is 7.11 Å². The molecule has 1 aromatic heterocycles. The molecule has 0 fully saturated rings. The molecule has 0 bridgehead atoms. The molecule has 0 spiro atoms. The van der Waals surface area contributed by atoms with Crippen LogP contribution < -0.4 is 43.8 Å². The molecule has 0 saturated carbocycles. The summed E-state index contributed by atoms with van der Waals surface area (Å²) >= 11 is 1.57. The van der Waals surface area contributed by atoms with Crippen LogP contribution in [-0.2, 0) is 0 Å². The number of aromatic nitrogens is 1. The first-order chi connectivity index (χ1) is 7.65. The van der Waals surface area contributed by atoms with Gasteiger partial charge in [-0.2, -0.15) is 0 Å². The van der Waals surface area contributed by atoms with Gasteiger partial charge in [0.25, 0.3) is 0 Å². The number of hydrogen-bond donors (Lipinski definition) is 0. The molecule has 0 unspecified atom stereocenters. The van der Waals surface area contributed by atoms with Gasteiger partial charge in [-0.25, -0.2) is 0 Å². The number of methoxy groups -OCH3 is 1. The van der Waals surface area contributed by atoms with Crippen LogP contribution >= 0.6 is 0 Å². The van der Waals surface area contributed by atoms with Gasteiger partial charge in [0.05, 0.1) is 0 Å². The fraction of sp³-hybridized carbons (Fsp3) is 0.0909. The van der Waals surface area contributed by atoms with Crippen LogP contribution in [0.2, 0.25) is 0 Å². The third kappa shape index (κ3) is 2.51. The van der Waals surface area contributed by atoms with E-state index in [1.165, 1.54) is 7.11 Å². The first-order valence-electron chi connectivity index (χ1n) is 4.80. The Labute approximate surface area is 119 Å². The average molecular weight is 215 g/mol. The predicted molar refractivity (Wildman–Crippen MR) is 61.7 cm³/mol. The summed E-state index contributed by atoms with van der Waals surface area (Å²) in [5.74, 6) is 0.0150. The van der Waals surface area contributed by atoms with Gasteiger partial charge in [-0.1, -0.05) is 0 Å². The minimum absolute atomic E-state index is 0. The Morgan fingerprint density at radius 3 is 2.53 bits per heavy atom. The summed E-state index contributed by atoms with van der Waals surface area (Å²) in [5, 5.41) is 0.431. The molecule has 2 rings (SSSR count). The van der Waals surface area contributed by atoms with E-state index in [-0.39, 0.29) is 30.0 Å². The molecule has 0 amide bonds. The fourth-order valence-corrected chi connectivity index (χ4v) is 1.63. The molecule has 0 aliphatic carbocycles. The van der Waals surface area contributed by atoms with Crippen LogP contribution in [0.25, 0.3) is 10.9 Å². The third-order valence-corrected chi connectivity index (χ3v) is 2.45. The maximum atomic E-state index is 12.0. The predicted octanol–water partition coefficient (Wildman–Crippen LogP) is -3.68. The molecule has 0 radical (unpaired) electrons. The van der Waals surface area contributed by atoms with Crippen LogP contribution in [0.4, 0.5) is 0 Å². The summed E-state index contributed by atoms with van der Waals surface area (Å²) in [7, 11) is 1.36. The Morgan fingerprint density at radius 1 is 1.24 bits per heavy atom. The van der Waals surface area contributed by atoms with Gasteiger partial charge in [0.1, 0.15) is 0 Å². The molecule has 0 aliphatic heterocycles. The number of nitrogens with zero attached hydrogens (tertiary/aromatic N) is 1. The molecule has 1 aromatic carbocycles. The number of rotatable bonds is 1. The number of benzene rings is 1. The van der Waals surface area contributed by atoms with Crippen molar-refractivity contribution in [2.24, 2.45) is 0 Å². The summed E-state index contributed by atoms with van der Waals surface area (Å²) in [4.78, 5) is 27.5. The van der Waals surface area contributed by atoms with Crippen molar-refractivity contribution in [1.29, 1.82) is 0 Å². The van der Waals surface area contributed by atoms with Gasteiger partial charge in [0, 0.05) is 0 Å². The van der Waals surface area contributed by atoms with E-state index in [0.29, 0.717) is 15.1 Å². The van der Waals surface area contributed by atoms with Crippen LogP contribution in [-0.4, -0.2) is 24.8 Å². The number of hydrogen-bond acceptors (Lipinski definition) is 3. The van der Waals surface area contributed by atoms with E-state index < -0.39 is 5.56 Å². The van der Waals surface area contributed by atoms with Gasteiger partial charge in [0.2, 0.25) is 0 Å². The zero-order chi connectivity index (χ0) is 11.7. The van der Waals surface area contributed by atoms with Crippen molar-refractivity contribution in [2.45, 2.75) is 0 Å². The Kier molecular flexibility index (Phi) is 4.68.